The zero-order chi connectivity index (χ0) is 4.28. The Bertz CT molecular complexity index is 44.1. The molecule has 0 aliphatic carbocycles. The topological polar surface area (TPSA) is 37.3 Å². The smallest absolute Gasteiger partial charge is 0.303 e. The molecule has 0 heterocycles. The van der Waals surface area contributed by atoms with Crippen LogP contribution in [0, 0.1) is 0 Å². The number of aliphatic carboxylic acids is 1. The standard InChI is InChI=1S/C3H6O2.V/c1-2-3(4)5;/h2H2,1H3,(H,4,5);. The van der Waals surface area contributed by atoms with Crippen LogP contribution >= 0.6 is 0 Å². The average molecular weight is 125 g/mol. The van der Waals surface area contributed by atoms with Crippen molar-refractivity contribution in [3.05, 3.63) is 0 Å². The first-order chi connectivity index (χ1) is 2.27. The summed E-state index contributed by atoms with van der Waals surface area (Å²) < 4.78 is 0. The molecule has 1 N–H and O–H groups in total. The summed E-state index contributed by atoms with van der Waals surface area (Å²) in [5, 5.41) is 7.72. The van der Waals surface area contributed by atoms with E-state index in [-0.39, 0.29) is 25.0 Å². The van der Waals surface area contributed by atoms with E-state index in [9.17, 15) is 4.79 Å². The number of rotatable bonds is 1. The predicted octanol–water partition coefficient (Wildman–Crippen LogP) is 0.478. The number of carbonyl (C=O) groups is 1. The fourth-order valence-electron chi connectivity index (χ4n) is 0. The van der Waals surface area contributed by atoms with Crippen LogP contribution in [0.5, 0.6) is 0 Å². The van der Waals surface area contributed by atoms with E-state index in [4.69, 9.17) is 5.11 Å². The van der Waals surface area contributed by atoms with Crippen LogP contribution in [0.25, 0.3) is 0 Å². The second-order valence-electron chi connectivity index (χ2n) is 0.747. The molecule has 0 unspecified atom stereocenters. The van der Waals surface area contributed by atoms with Gasteiger partial charge in [0, 0.05) is 25.0 Å². The van der Waals surface area contributed by atoms with Crippen molar-refractivity contribution in [2.45, 2.75) is 13.3 Å². The van der Waals surface area contributed by atoms with Gasteiger partial charge in [-0.2, -0.15) is 0 Å². The van der Waals surface area contributed by atoms with Crippen molar-refractivity contribution in [1.82, 2.24) is 0 Å². The summed E-state index contributed by atoms with van der Waals surface area (Å²) in [5.41, 5.74) is 0. The van der Waals surface area contributed by atoms with Gasteiger partial charge < -0.3 is 5.11 Å². The molecule has 0 spiro atoms. The molecular weight excluding hydrogens is 119 g/mol. The maximum absolute atomic E-state index is 9.37. The molecule has 3 heteroatoms. The van der Waals surface area contributed by atoms with Crippen LogP contribution in [0.2, 0.25) is 0 Å². The monoisotopic (exact) mass is 125 g/mol. The van der Waals surface area contributed by atoms with E-state index in [2.05, 4.69) is 0 Å². The van der Waals surface area contributed by atoms with Crippen molar-refractivity contribution in [2.24, 2.45) is 0 Å². The van der Waals surface area contributed by atoms with Crippen molar-refractivity contribution < 1.29 is 28.5 Å². The van der Waals surface area contributed by atoms with E-state index in [1.54, 1.807) is 6.92 Å². The normalized spacial score (nSPS) is 6.17. The van der Waals surface area contributed by atoms with Gasteiger partial charge in [-0.25, -0.2) is 0 Å². The van der Waals surface area contributed by atoms with Crippen LogP contribution in [-0.4, -0.2) is 11.1 Å². The van der Waals surface area contributed by atoms with E-state index in [1.807, 2.05) is 0 Å². The first kappa shape index (κ1) is 9.41. The van der Waals surface area contributed by atoms with Crippen molar-refractivity contribution in [2.75, 3.05) is 0 Å². The third-order valence-electron chi connectivity index (χ3n) is 0.302. The molecule has 0 saturated carbocycles. The summed E-state index contributed by atoms with van der Waals surface area (Å²) in [4.78, 5) is 9.37. The van der Waals surface area contributed by atoms with Crippen molar-refractivity contribution in [3.63, 3.8) is 0 Å². The fraction of sp³-hybridized carbons (Fsp3) is 0.667. The van der Waals surface area contributed by atoms with Gasteiger partial charge in [0.15, 0.2) is 0 Å². The van der Waals surface area contributed by atoms with Crippen molar-refractivity contribution in [1.29, 1.82) is 0 Å². The predicted molar refractivity (Wildman–Crippen MR) is 17.9 cm³/mol. The Morgan fingerprint density at radius 1 is 1.83 bits per heavy atom. The van der Waals surface area contributed by atoms with Gasteiger partial charge in [-0.3, -0.25) is 4.79 Å². The Kier molecular flexibility index (Phi) is 7.93. The summed E-state index contributed by atoms with van der Waals surface area (Å²) in [6, 6.07) is 0. The number of hydrogen-bond donors (Lipinski definition) is 1. The molecular formula is C3H6O2V. The van der Waals surface area contributed by atoms with Crippen LogP contribution in [0.1, 0.15) is 13.3 Å². The number of carboxylic acids is 1. The Hall–Kier alpha value is 0.0544. The first-order valence-corrected chi connectivity index (χ1v) is 1.49. The largest absolute Gasteiger partial charge is 0.481 e. The summed E-state index contributed by atoms with van der Waals surface area (Å²) in [5.74, 6) is -0.745. The van der Waals surface area contributed by atoms with E-state index in [0.29, 0.717) is 0 Å². The van der Waals surface area contributed by atoms with Gasteiger partial charge in [-0.15, -0.1) is 0 Å². The minimum absolute atomic E-state index is 0. The summed E-state index contributed by atoms with van der Waals surface area (Å²) in [7, 11) is 0. The molecule has 0 aromatic carbocycles. The van der Waals surface area contributed by atoms with Gasteiger partial charge in [0.2, 0.25) is 0 Å². The molecule has 0 aliphatic heterocycles. The second-order valence-corrected chi connectivity index (χ2v) is 0.747. The molecule has 0 saturated heterocycles. The molecule has 2 nitrogen and oxygen atoms in total. The number of hydrogen-bond acceptors (Lipinski definition) is 1. The van der Waals surface area contributed by atoms with E-state index < -0.39 is 5.97 Å². The Morgan fingerprint density at radius 3 is 2.00 bits per heavy atom. The molecule has 0 amide bonds. The molecule has 0 rings (SSSR count). The quantitative estimate of drug-likeness (QED) is 0.553. The summed E-state index contributed by atoms with van der Waals surface area (Å²) >= 11 is 0. The third kappa shape index (κ3) is 8.96. The second kappa shape index (κ2) is 5.05. The summed E-state index contributed by atoms with van der Waals surface area (Å²) in [6.07, 6.45) is 0.222. The molecule has 0 aliphatic rings. The minimum atomic E-state index is -0.745. The Labute approximate surface area is 48.4 Å². The van der Waals surface area contributed by atoms with Crippen LogP contribution in [0.3, 0.4) is 0 Å². The Morgan fingerprint density at radius 2 is 2.00 bits per heavy atom. The van der Waals surface area contributed by atoms with E-state index >= 15 is 0 Å². The van der Waals surface area contributed by atoms with Gasteiger partial charge in [0.25, 0.3) is 0 Å². The van der Waals surface area contributed by atoms with Crippen LogP contribution < -0.4 is 0 Å². The van der Waals surface area contributed by atoms with Gasteiger partial charge in [-0.1, -0.05) is 6.92 Å². The van der Waals surface area contributed by atoms with Crippen LogP contribution in [-0.2, 0) is 23.4 Å². The van der Waals surface area contributed by atoms with Gasteiger partial charge in [0.1, 0.15) is 0 Å². The molecule has 0 fully saturated rings. The maximum atomic E-state index is 9.37. The summed E-state index contributed by atoms with van der Waals surface area (Å²) in [6.45, 7) is 1.60. The maximum Gasteiger partial charge on any atom is 0.303 e. The average Bonchev–Trinajstić information content (AvgIpc) is 1.38. The molecule has 0 bridgehead atoms. The molecule has 0 aromatic heterocycles. The number of carboxylic acid groups (broad SMARTS) is 1. The SMILES string of the molecule is CCC(=O)O.[V]. The minimum Gasteiger partial charge on any atom is -0.481 e. The zero-order valence-electron chi connectivity index (χ0n) is 3.51. The van der Waals surface area contributed by atoms with E-state index in [0.717, 1.165) is 0 Å². The van der Waals surface area contributed by atoms with Crippen LogP contribution in [0.4, 0.5) is 0 Å². The van der Waals surface area contributed by atoms with E-state index in [1.165, 1.54) is 0 Å². The zero-order valence-corrected chi connectivity index (χ0v) is 4.91. The molecule has 0 aromatic rings. The first-order valence-electron chi connectivity index (χ1n) is 1.49. The van der Waals surface area contributed by atoms with Gasteiger partial charge >= 0.3 is 5.97 Å². The van der Waals surface area contributed by atoms with Crippen LogP contribution in [0.15, 0.2) is 0 Å². The Balaban J connectivity index is 0. The molecule has 6 heavy (non-hydrogen) atoms. The van der Waals surface area contributed by atoms with Crippen molar-refractivity contribution >= 4 is 5.97 Å². The molecule has 1 radical (unpaired) electrons. The molecule has 35 valence electrons. The van der Waals surface area contributed by atoms with Gasteiger partial charge in [-0.05, 0) is 0 Å². The third-order valence-corrected chi connectivity index (χ3v) is 0.302. The van der Waals surface area contributed by atoms with Gasteiger partial charge in [0.05, 0.1) is 0 Å². The fourth-order valence-corrected chi connectivity index (χ4v) is 0. The van der Waals surface area contributed by atoms with Crippen molar-refractivity contribution in [3.8, 4) is 0 Å². The molecule has 0 atom stereocenters.